The first-order valence-electron chi connectivity index (χ1n) is 6.20. The molecule has 0 saturated carbocycles. The molecule has 2 rings (SSSR count). The molecule has 1 heterocycles. The molecule has 0 fully saturated rings. The molecule has 0 amide bonds. The molecule has 2 N–H and O–H groups in total. The SMILES string of the molecule is CCNC(C)c1nnc(Nc2ccc(SC)cc2)o1. The molecule has 102 valence electrons. The summed E-state index contributed by atoms with van der Waals surface area (Å²) in [5.74, 6) is 0.588. The first-order valence-corrected chi connectivity index (χ1v) is 7.43. The standard InChI is InChI=1S/C13H18N4OS/c1-4-14-9(2)12-16-17-13(18-12)15-10-5-7-11(19-3)8-6-10/h5-9,14H,4H2,1-3H3,(H,15,17). The number of rotatable bonds is 6. The predicted octanol–water partition coefficient (Wildman–Crippen LogP) is 3.21. The van der Waals surface area contributed by atoms with Crippen molar-refractivity contribution in [2.24, 2.45) is 0 Å². The first-order chi connectivity index (χ1) is 9.22. The topological polar surface area (TPSA) is 63.0 Å². The Morgan fingerprint density at radius 2 is 2.00 bits per heavy atom. The summed E-state index contributed by atoms with van der Waals surface area (Å²) < 4.78 is 5.56. The van der Waals surface area contributed by atoms with Gasteiger partial charge in [0.2, 0.25) is 5.89 Å². The van der Waals surface area contributed by atoms with Crippen LogP contribution in [0.2, 0.25) is 0 Å². The average Bonchev–Trinajstić information content (AvgIpc) is 2.88. The van der Waals surface area contributed by atoms with Crippen molar-refractivity contribution in [2.45, 2.75) is 24.8 Å². The second-order valence-corrected chi connectivity index (χ2v) is 4.96. The molecule has 0 aliphatic rings. The summed E-state index contributed by atoms with van der Waals surface area (Å²) in [4.78, 5) is 1.22. The van der Waals surface area contributed by atoms with Crippen molar-refractivity contribution in [3.63, 3.8) is 0 Å². The van der Waals surface area contributed by atoms with Gasteiger partial charge in [-0.05, 0) is 44.0 Å². The van der Waals surface area contributed by atoms with Crippen LogP contribution in [0.5, 0.6) is 0 Å². The van der Waals surface area contributed by atoms with Gasteiger partial charge in [-0.3, -0.25) is 0 Å². The van der Waals surface area contributed by atoms with E-state index in [1.54, 1.807) is 11.8 Å². The van der Waals surface area contributed by atoms with E-state index in [0.29, 0.717) is 11.9 Å². The van der Waals surface area contributed by atoms with Gasteiger partial charge in [-0.15, -0.1) is 16.9 Å². The molecule has 1 unspecified atom stereocenters. The number of aromatic nitrogens is 2. The molecular weight excluding hydrogens is 260 g/mol. The third-order valence-corrected chi connectivity index (χ3v) is 3.41. The number of benzene rings is 1. The highest BCUT2D eigenvalue weighted by Crippen LogP contribution is 2.21. The van der Waals surface area contributed by atoms with E-state index in [1.807, 2.05) is 38.1 Å². The maximum Gasteiger partial charge on any atom is 0.320 e. The van der Waals surface area contributed by atoms with Gasteiger partial charge in [0.25, 0.3) is 0 Å². The first kappa shape index (κ1) is 13.9. The van der Waals surface area contributed by atoms with Crippen molar-refractivity contribution < 1.29 is 4.42 Å². The number of thioether (sulfide) groups is 1. The Morgan fingerprint density at radius 1 is 1.26 bits per heavy atom. The molecule has 19 heavy (non-hydrogen) atoms. The fourth-order valence-corrected chi connectivity index (χ4v) is 2.06. The fourth-order valence-electron chi connectivity index (χ4n) is 1.65. The minimum atomic E-state index is 0.0620. The summed E-state index contributed by atoms with van der Waals surface area (Å²) in [5.41, 5.74) is 0.934. The highest BCUT2D eigenvalue weighted by molar-refractivity contribution is 7.98. The van der Waals surface area contributed by atoms with Crippen molar-refractivity contribution >= 4 is 23.5 Å². The zero-order valence-corrected chi connectivity index (χ0v) is 12.1. The van der Waals surface area contributed by atoms with Crippen LogP contribution < -0.4 is 10.6 Å². The maximum absolute atomic E-state index is 5.56. The second kappa shape index (κ2) is 6.58. The molecule has 0 spiro atoms. The predicted molar refractivity (Wildman–Crippen MR) is 77.9 cm³/mol. The van der Waals surface area contributed by atoms with Gasteiger partial charge < -0.3 is 15.1 Å². The van der Waals surface area contributed by atoms with E-state index in [9.17, 15) is 0 Å². The molecule has 6 heteroatoms. The van der Waals surface area contributed by atoms with Crippen LogP contribution in [-0.4, -0.2) is 23.0 Å². The Bertz CT molecular complexity index is 512. The van der Waals surface area contributed by atoms with E-state index in [-0.39, 0.29) is 6.04 Å². The zero-order chi connectivity index (χ0) is 13.7. The van der Waals surface area contributed by atoms with Crippen molar-refractivity contribution in [1.29, 1.82) is 0 Å². The number of nitrogens with one attached hydrogen (secondary N) is 2. The van der Waals surface area contributed by atoms with Gasteiger partial charge in [-0.1, -0.05) is 12.0 Å². The van der Waals surface area contributed by atoms with Crippen LogP contribution in [0.25, 0.3) is 0 Å². The van der Waals surface area contributed by atoms with Crippen LogP contribution in [-0.2, 0) is 0 Å². The Labute approximate surface area is 117 Å². The molecule has 0 aliphatic heterocycles. The van der Waals surface area contributed by atoms with E-state index in [2.05, 4.69) is 27.1 Å². The molecular formula is C13H18N4OS. The minimum Gasteiger partial charge on any atom is -0.406 e. The molecule has 1 aromatic carbocycles. The molecule has 2 aromatic rings. The van der Waals surface area contributed by atoms with Gasteiger partial charge in [-0.25, -0.2) is 0 Å². The number of nitrogens with zero attached hydrogens (tertiary/aromatic N) is 2. The molecule has 5 nitrogen and oxygen atoms in total. The molecule has 0 saturated heterocycles. The smallest absolute Gasteiger partial charge is 0.320 e. The normalized spacial score (nSPS) is 12.4. The van der Waals surface area contributed by atoms with Crippen LogP contribution in [0, 0.1) is 0 Å². The summed E-state index contributed by atoms with van der Waals surface area (Å²) in [5, 5.41) is 14.3. The maximum atomic E-state index is 5.56. The Balaban J connectivity index is 2.02. The monoisotopic (exact) mass is 278 g/mol. The molecule has 1 atom stereocenters. The summed E-state index contributed by atoms with van der Waals surface area (Å²) in [7, 11) is 0. The van der Waals surface area contributed by atoms with E-state index >= 15 is 0 Å². The summed E-state index contributed by atoms with van der Waals surface area (Å²) >= 11 is 1.71. The lowest BCUT2D eigenvalue weighted by Gasteiger charge is -2.06. The van der Waals surface area contributed by atoms with Crippen molar-refractivity contribution in [1.82, 2.24) is 15.5 Å². The highest BCUT2D eigenvalue weighted by atomic mass is 32.2. The van der Waals surface area contributed by atoms with Crippen LogP contribution in [0.3, 0.4) is 0 Å². The second-order valence-electron chi connectivity index (χ2n) is 4.08. The van der Waals surface area contributed by atoms with Crippen LogP contribution in [0.1, 0.15) is 25.8 Å². The Morgan fingerprint density at radius 3 is 2.63 bits per heavy atom. The average molecular weight is 278 g/mol. The third kappa shape index (κ3) is 3.71. The minimum absolute atomic E-state index is 0.0620. The van der Waals surface area contributed by atoms with Crippen LogP contribution >= 0.6 is 11.8 Å². The lowest BCUT2D eigenvalue weighted by Crippen LogP contribution is -2.17. The summed E-state index contributed by atoms with van der Waals surface area (Å²) in [6.07, 6.45) is 2.05. The molecule has 0 aliphatic carbocycles. The number of anilines is 2. The van der Waals surface area contributed by atoms with Crippen LogP contribution in [0.4, 0.5) is 11.7 Å². The van der Waals surface area contributed by atoms with Gasteiger partial charge >= 0.3 is 6.01 Å². The number of hydrogen-bond acceptors (Lipinski definition) is 6. The molecule has 0 bridgehead atoms. The molecule has 1 aromatic heterocycles. The van der Waals surface area contributed by atoms with Gasteiger partial charge in [0.15, 0.2) is 0 Å². The summed E-state index contributed by atoms with van der Waals surface area (Å²) in [6.45, 7) is 4.90. The van der Waals surface area contributed by atoms with E-state index in [4.69, 9.17) is 4.42 Å². The zero-order valence-electron chi connectivity index (χ0n) is 11.3. The van der Waals surface area contributed by atoms with E-state index < -0.39 is 0 Å². The fraction of sp³-hybridized carbons (Fsp3) is 0.385. The van der Waals surface area contributed by atoms with E-state index in [1.165, 1.54) is 4.90 Å². The van der Waals surface area contributed by atoms with Gasteiger partial charge in [-0.2, -0.15) is 0 Å². The van der Waals surface area contributed by atoms with Crippen LogP contribution in [0.15, 0.2) is 33.6 Å². The van der Waals surface area contributed by atoms with Crippen molar-refractivity contribution in [3.05, 3.63) is 30.2 Å². The van der Waals surface area contributed by atoms with Gasteiger partial charge in [0.05, 0.1) is 6.04 Å². The Hall–Kier alpha value is -1.53. The third-order valence-electron chi connectivity index (χ3n) is 2.66. The molecule has 0 radical (unpaired) electrons. The lowest BCUT2D eigenvalue weighted by atomic mass is 10.3. The largest absolute Gasteiger partial charge is 0.406 e. The lowest BCUT2D eigenvalue weighted by molar-refractivity contribution is 0.430. The highest BCUT2D eigenvalue weighted by Gasteiger charge is 2.12. The van der Waals surface area contributed by atoms with Crippen molar-refractivity contribution in [3.8, 4) is 0 Å². The Kier molecular flexibility index (Phi) is 4.81. The van der Waals surface area contributed by atoms with Crippen molar-refractivity contribution in [2.75, 3.05) is 18.1 Å². The van der Waals surface area contributed by atoms with Gasteiger partial charge in [0.1, 0.15) is 0 Å². The van der Waals surface area contributed by atoms with E-state index in [0.717, 1.165) is 12.2 Å². The summed E-state index contributed by atoms with van der Waals surface area (Å²) in [6, 6.07) is 8.55. The van der Waals surface area contributed by atoms with Gasteiger partial charge in [0, 0.05) is 10.6 Å². The number of hydrogen-bond donors (Lipinski definition) is 2. The quantitative estimate of drug-likeness (QED) is 0.791.